The summed E-state index contributed by atoms with van der Waals surface area (Å²) in [4.78, 5) is 4.50. The van der Waals surface area contributed by atoms with Crippen LogP contribution in [0.4, 0.5) is 13.2 Å². The first-order valence-corrected chi connectivity index (χ1v) is 9.26. The lowest BCUT2D eigenvalue weighted by Gasteiger charge is -2.23. The Morgan fingerprint density at radius 2 is 1.75 bits per heavy atom. The van der Waals surface area contributed by atoms with Gasteiger partial charge in [0.05, 0.1) is 18.8 Å². The summed E-state index contributed by atoms with van der Waals surface area (Å²) < 4.78 is 40.9. The molecule has 3 N–H and O–H groups in total. The highest BCUT2D eigenvalue weighted by molar-refractivity contribution is 14.0. The molecule has 0 spiro atoms. The van der Waals surface area contributed by atoms with Crippen LogP contribution in [0.1, 0.15) is 43.7 Å². The van der Waals surface area contributed by atoms with E-state index in [0.717, 1.165) is 31.2 Å². The van der Waals surface area contributed by atoms with Gasteiger partial charge >= 0.3 is 6.18 Å². The Hall–Kier alpha value is -1.07. The fraction of sp³-hybridized carbons (Fsp3) is 0.632. The van der Waals surface area contributed by atoms with E-state index in [4.69, 9.17) is 0 Å². The van der Waals surface area contributed by atoms with Gasteiger partial charge in [-0.1, -0.05) is 37.1 Å². The van der Waals surface area contributed by atoms with Gasteiger partial charge in [0.2, 0.25) is 0 Å². The number of hydrogen-bond donors (Lipinski definition) is 3. The molecule has 0 bridgehead atoms. The number of rotatable bonds is 8. The molecule has 0 unspecified atom stereocenters. The average molecular weight is 515 g/mol. The summed E-state index contributed by atoms with van der Waals surface area (Å²) in [7, 11) is 0. The summed E-state index contributed by atoms with van der Waals surface area (Å²) >= 11 is 0. The quantitative estimate of drug-likeness (QED) is 0.281. The van der Waals surface area contributed by atoms with E-state index in [1.807, 2.05) is 19.1 Å². The summed E-state index contributed by atoms with van der Waals surface area (Å²) in [5.74, 6) is 0.635. The number of hydrogen-bond acceptors (Lipinski definition) is 3. The molecule has 0 atom stereocenters. The Morgan fingerprint density at radius 3 is 2.32 bits per heavy atom. The van der Waals surface area contributed by atoms with E-state index in [2.05, 4.69) is 20.4 Å². The largest absolute Gasteiger partial charge is 0.411 e. The Bertz CT molecular complexity index is 603. The van der Waals surface area contributed by atoms with Crippen molar-refractivity contribution in [2.45, 2.75) is 57.5 Å². The van der Waals surface area contributed by atoms with Gasteiger partial charge in [-0.15, -0.1) is 24.0 Å². The average Bonchev–Trinajstić information content (AvgIpc) is 3.04. The molecule has 1 aliphatic rings. The lowest BCUT2D eigenvalue weighted by Crippen LogP contribution is -2.46. The minimum Gasteiger partial charge on any atom is -0.388 e. The number of benzene rings is 1. The van der Waals surface area contributed by atoms with Crippen molar-refractivity contribution in [3.8, 4) is 0 Å². The molecule has 5 nitrogen and oxygen atoms in total. The lowest BCUT2D eigenvalue weighted by molar-refractivity contribution is -0.176. The normalized spacial score (nSPS) is 16.5. The number of aliphatic imine (C=N–C) groups is 1. The number of aliphatic hydroxyl groups is 1. The van der Waals surface area contributed by atoms with E-state index in [-0.39, 0.29) is 30.6 Å². The van der Waals surface area contributed by atoms with Gasteiger partial charge in [-0.05, 0) is 30.9 Å². The van der Waals surface area contributed by atoms with Crippen molar-refractivity contribution in [2.75, 3.05) is 19.7 Å². The van der Waals surface area contributed by atoms with Crippen molar-refractivity contribution in [3.05, 3.63) is 35.4 Å². The Morgan fingerprint density at radius 1 is 1.14 bits per heavy atom. The summed E-state index contributed by atoms with van der Waals surface area (Å²) in [5.41, 5.74) is 0.959. The molecule has 0 amide bonds. The number of ether oxygens (including phenoxy) is 1. The summed E-state index contributed by atoms with van der Waals surface area (Å²) in [6.45, 7) is 2.25. The molecule has 1 saturated carbocycles. The highest BCUT2D eigenvalue weighted by atomic mass is 127. The van der Waals surface area contributed by atoms with Crippen molar-refractivity contribution in [1.82, 2.24) is 10.6 Å². The minimum atomic E-state index is -4.31. The number of nitrogens with one attached hydrogen (secondary N) is 2. The predicted molar refractivity (Wildman–Crippen MR) is 114 cm³/mol. The first kappa shape index (κ1) is 25.0. The molecule has 1 fully saturated rings. The smallest absolute Gasteiger partial charge is 0.388 e. The number of alkyl halides is 3. The molecule has 1 aromatic rings. The van der Waals surface area contributed by atoms with Crippen LogP contribution in [-0.4, -0.2) is 42.5 Å². The molecule has 0 heterocycles. The molecule has 28 heavy (non-hydrogen) atoms. The highest BCUT2D eigenvalue weighted by Crippen LogP contribution is 2.28. The van der Waals surface area contributed by atoms with E-state index in [1.54, 1.807) is 12.1 Å². The molecule has 1 aliphatic carbocycles. The van der Waals surface area contributed by atoms with E-state index in [9.17, 15) is 18.3 Å². The van der Waals surface area contributed by atoms with Crippen LogP contribution in [0.15, 0.2) is 29.3 Å². The number of halogens is 4. The van der Waals surface area contributed by atoms with Gasteiger partial charge in [0.15, 0.2) is 5.96 Å². The van der Waals surface area contributed by atoms with Crippen LogP contribution in [0.2, 0.25) is 0 Å². The van der Waals surface area contributed by atoms with Crippen molar-refractivity contribution in [1.29, 1.82) is 0 Å². The van der Waals surface area contributed by atoms with Crippen LogP contribution in [0, 0.1) is 0 Å². The zero-order valence-electron chi connectivity index (χ0n) is 16.0. The third-order valence-electron chi connectivity index (χ3n) is 4.44. The molecule has 0 aromatic heterocycles. The Balaban J connectivity index is 0.00000392. The van der Waals surface area contributed by atoms with Gasteiger partial charge in [-0.3, -0.25) is 0 Å². The molecule has 160 valence electrons. The van der Waals surface area contributed by atoms with Gasteiger partial charge in [0, 0.05) is 13.1 Å². The molecule has 0 aliphatic heterocycles. The minimum absolute atomic E-state index is 0. The molecule has 2 rings (SSSR count). The summed E-state index contributed by atoms with van der Waals surface area (Å²) in [6, 6.07) is 7.12. The van der Waals surface area contributed by atoms with Crippen molar-refractivity contribution in [2.24, 2.45) is 4.99 Å². The topological polar surface area (TPSA) is 65.9 Å². The van der Waals surface area contributed by atoms with Gasteiger partial charge in [0.25, 0.3) is 0 Å². The van der Waals surface area contributed by atoms with Gasteiger partial charge < -0.3 is 20.5 Å². The van der Waals surface area contributed by atoms with Crippen LogP contribution >= 0.6 is 24.0 Å². The molecular weight excluding hydrogens is 486 g/mol. The first-order chi connectivity index (χ1) is 12.8. The van der Waals surface area contributed by atoms with Crippen LogP contribution in [0.3, 0.4) is 0 Å². The second-order valence-corrected chi connectivity index (χ2v) is 6.90. The maximum absolute atomic E-state index is 12.1. The standard InChI is InChI=1S/C19H28F3N3O2.HI/c1-2-23-17(25-13-18(26)9-3-4-10-18)24-11-15-5-7-16(8-6-15)12-27-14-19(20,21)22;/h5-8,26H,2-4,9-14H2,1H3,(H2,23,24,25);1H. The zero-order valence-corrected chi connectivity index (χ0v) is 18.3. The third-order valence-corrected chi connectivity index (χ3v) is 4.44. The Kier molecular flexibility index (Phi) is 10.5. The van der Waals surface area contributed by atoms with Crippen LogP contribution in [-0.2, 0) is 17.9 Å². The van der Waals surface area contributed by atoms with Crippen molar-refractivity contribution in [3.63, 3.8) is 0 Å². The zero-order chi connectivity index (χ0) is 19.8. The van der Waals surface area contributed by atoms with E-state index >= 15 is 0 Å². The fourth-order valence-electron chi connectivity index (χ4n) is 3.00. The molecule has 9 heteroatoms. The van der Waals surface area contributed by atoms with Crippen molar-refractivity contribution >= 4 is 29.9 Å². The van der Waals surface area contributed by atoms with E-state index in [1.165, 1.54) is 0 Å². The molecule has 1 aromatic carbocycles. The summed E-state index contributed by atoms with van der Waals surface area (Å²) in [6.07, 6.45) is -0.611. The maximum Gasteiger partial charge on any atom is 0.411 e. The second kappa shape index (κ2) is 11.8. The molecule has 0 radical (unpaired) electrons. The molecule has 0 saturated heterocycles. The summed E-state index contributed by atoms with van der Waals surface area (Å²) in [5, 5.41) is 16.8. The lowest BCUT2D eigenvalue weighted by atomic mass is 10.0. The Labute approximate surface area is 181 Å². The van der Waals surface area contributed by atoms with Crippen molar-refractivity contribution < 1.29 is 23.0 Å². The third kappa shape index (κ3) is 9.42. The van der Waals surface area contributed by atoms with E-state index < -0.39 is 18.4 Å². The monoisotopic (exact) mass is 515 g/mol. The van der Waals surface area contributed by atoms with E-state index in [0.29, 0.717) is 31.2 Å². The number of nitrogens with zero attached hydrogens (tertiary/aromatic N) is 1. The van der Waals surface area contributed by atoms with Gasteiger partial charge in [0.1, 0.15) is 6.61 Å². The predicted octanol–water partition coefficient (Wildman–Crippen LogP) is 3.74. The van der Waals surface area contributed by atoms with Crippen LogP contribution in [0.25, 0.3) is 0 Å². The second-order valence-electron chi connectivity index (χ2n) is 6.90. The fourth-order valence-corrected chi connectivity index (χ4v) is 3.00. The molecular formula is C19H29F3IN3O2. The van der Waals surface area contributed by atoms with Gasteiger partial charge in [-0.25, -0.2) is 4.99 Å². The van der Waals surface area contributed by atoms with Gasteiger partial charge in [-0.2, -0.15) is 13.2 Å². The maximum atomic E-state index is 12.1. The first-order valence-electron chi connectivity index (χ1n) is 9.26. The highest BCUT2D eigenvalue weighted by Gasteiger charge is 2.31. The van der Waals surface area contributed by atoms with Crippen LogP contribution < -0.4 is 10.6 Å². The number of guanidine groups is 1. The SMILES string of the molecule is CCNC(=NCc1ccc(COCC(F)(F)F)cc1)NCC1(O)CCCC1.I. The van der Waals surface area contributed by atoms with Crippen LogP contribution in [0.5, 0.6) is 0 Å².